The lowest BCUT2D eigenvalue weighted by Gasteiger charge is -2.07. The monoisotopic (exact) mass is 209 g/mol. The molecule has 0 radical (unpaired) electrons. The van der Waals surface area contributed by atoms with E-state index in [0.29, 0.717) is 6.10 Å². The standard InChI is InChI=1S/C13H23NO/c1(6-13-7-3-11-15-13)4-12-5-2-9-14-10-8-12/h4,13-14H,1-3,5-11H2/b12-4-. The van der Waals surface area contributed by atoms with Crippen molar-refractivity contribution >= 4 is 0 Å². The lowest BCUT2D eigenvalue weighted by molar-refractivity contribution is 0.105. The van der Waals surface area contributed by atoms with Crippen LogP contribution in [-0.2, 0) is 4.74 Å². The van der Waals surface area contributed by atoms with Crippen molar-refractivity contribution in [3.8, 4) is 0 Å². The van der Waals surface area contributed by atoms with Crippen LogP contribution >= 0.6 is 0 Å². The molecule has 2 heteroatoms. The van der Waals surface area contributed by atoms with Gasteiger partial charge in [-0.3, -0.25) is 0 Å². The van der Waals surface area contributed by atoms with Crippen LogP contribution in [-0.4, -0.2) is 25.8 Å². The summed E-state index contributed by atoms with van der Waals surface area (Å²) >= 11 is 0. The van der Waals surface area contributed by atoms with Gasteiger partial charge >= 0.3 is 0 Å². The van der Waals surface area contributed by atoms with Crippen molar-refractivity contribution in [1.82, 2.24) is 5.32 Å². The van der Waals surface area contributed by atoms with E-state index in [0.717, 1.165) is 6.61 Å². The molecule has 2 aliphatic heterocycles. The van der Waals surface area contributed by atoms with E-state index >= 15 is 0 Å². The van der Waals surface area contributed by atoms with Crippen LogP contribution in [0.4, 0.5) is 0 Å². The summed E-state index contributed by atoms with van der Waals surface area (Å²) in [4.78, 5) is 0. The molecule has 0 aromatic carbocycles. The van der Waals surface area contributed by atoms with Gasteiger partial charge in [-0.1, -0.05) is 11.6 Å². The van der Waals surface area contributed by atoms with Gasteiger partial charge in [-0.25, -0.2) is 0 Å². The minimum Gasteiger partial charge on any atom is -0.378 e. The van der Waals surface area contributed by atoms with E-state index in [1.54, 1.807) is 5.57 Å². The van der Waals surface area contributed by atoms with Gasteiger partial charge in [0.15, 0.2) is 0 Å². The Balaban J connectivity index is 1.67. The molecule has 2 rings (SSSR count). The van der Waals surface area contributed by atoms with Crippen molar-refractivity contribution in [2.45, 2.75) is 51.0 Å². The van der Waals surface area contributed by atoms with Gasteiger partial charge in [-0.15, -0.1) is 0 Å². The Bertz CT molecular complexity index is 197. The van der Waals surface area contributed by atoms with E-state index in [-0.39, 0.29) is 0 Å². The first-order chi connectivity index (χ1) is 7.45. The highest BCUT2D eigenvalue weighted by atomic mass is 16.5. The zero-order valence-electron chi connectivity index (χ0n) is 9.63. The molecule has 2 saturated heterocycles. The Morgan fingerprint density at radius 2 is 2.27 bits per heavy atom. The molecule has 0 bridgehead atoms. The van der Waals surface area contributed by atoms with E-state index in [4.69, 9.17) is 4.74 Å². The lowest BCUT2D eigenvalue weighted by atomic mass is 10.0. The molecule has 1 unspecified atom stereocenters. The minimum absolute atomic E-state index is 0.561. The Morgan fingerprint density at radius 1 is 1.27 bits per heavy atom. The molecule has 2 fully saturated rings. The molecule has 0 amide bonds. The third-order valence-corrected chi connectivity index (χ3v) is 3.42. The predicted molar refractivity (Wildman–Crippen MR) is 63.0 cm³/mol. The molecule has 2 aliphatic rings. The molecule has 0 aliphatic carbocycles. The first-order valence-corrected chi connectivity index (χ1v) is 6.45. The van der Waals surface area contributed by atoms with Gasteiger partial charge in [0.25, 0.3) is 0 Å². The van der Waals surface area contributed by atoms with Crippen LogP contribution in [0.3, 0.4) is 0 Å². The normalized spacial score (nSPS) is 30.7. The molecule has 2 nitrogen and oxygen atoms in total. The van der Waals surface area contributed by atoms with Gasteiger partial charge in [0, 0.05) is 6.61 Å². The van der Waals surface area contributed by atoms with Crippen molar-refractivity contribution in [1.29, 1.82) is 0 Å². The number of nitrogens with one attached hydrogen (secondary N) is 1. The summed E-state index contributed by atoms with van der Waals surface area (Å²) in [7, 11) is 0. The SMILES string of the molecule is C(/CCC1CCCO1)=C1\CCCNCC1. The summed E-state index contributed by atoms with van der Waals surface area (Å²) in [6, 6.07) is 0. The summed E-state index contributed by atoms with van der Waals surface area (Å²) in [5.41, 5.74) is 1.66. The third kappa shape index (κ3) is 3.96. The lowest BCUT2D eigenvalue weighted by Crippen LogP contribution is -2.13. The van der Waals surface area contributed by atoms with Crippen LogP contribution < -0.4 is 5.32 Å². The van der Waals surface area contributed by atoms with E-state index in [1.165, 1.54) is 58.0 Å². The zero-order chi connectivity index (χ0) is 10.3. The maximum absolute atomic E-state index is 5.63. The smallest absolute Gasteiger partial charge is 0.0579 e. The Hall–Kier alpha value is -0.340. The van der Waals surface area contributed by atoms with E-state index in [9.17, 15) is 0 Å². The van der Waals surface area contributed by atoms with Crippen molar-refractivity contribution in [3.63, 3.8) is 0 Å². The van der Waals surface area contributed by atoms with Crippen LogP contribution in [0.1, 0.15) is 44.9 Å². The fourth-order valence-corrected chi connectivity index (χ4v) is 2.49. The second-order valence-corrected chi connectivity index (χ2v) is 4.68. The van der Waals surface area contributed by atoms with Crippen LogP contribution in [0.2, 0.25) is 0 Å². The predicted octanol–water partition coefficient (Wildman–Crippen LogP) is 2.65. The van der Waals surface area contributed by atoms with Gasteiger partial charge in [0.05, 0.1) is 6.10 Å². The molecule has 0 aromatic rings. The van der Waals surface area contributed by atoms with Crippen molar-refractivity contribution in [2.24, 2.45) is 0 Å². The first kappa shape index (κ1) is 11.2. The molecular weight excluding hydrogens is 186 g/mol. The van der Waals surface area contributed by atoms with Crippen LogP contribution in [0.25, 0.3) is 0 Å². The van der Waals surface area contributed by atoms with E-state index in [2.05, 4.69) is 11.4 Å². The first-order valence-electron chi connectivity index (χ1n) is 6.45. The Labute approximate surface area is 93.1 Å². The van der Waals surface area contributed by atoms with Gasteiger partial charge in [-0.05, 0) is 58.0 Å². The number of allylic oxidation sites excluding steroid dienone is 1. The van der Waals surface area contributed by atoms with E-state index in [1.807, 2.05) is 0 Å². The highest BCUT2D eigenvalue weighted by molar-refractivity contribution is 5.04. The molecule has 0 saturated carbocycles. The topological polar surface area (TPSA) is 21.3 Å². The second-order valence-electron chi connectivity index (χ2n) is 4.68. The molecule has 2 heterocycles. The van der Waals surface area contributed by atoms with Crippen molar-refractivity contribution in [3.05, 3.63) is 11.6 Å². The van der Waals surface area contributed by atoms with Gasteiger partial charge in [0.1, 0.15) is 0 Å². The van der Waals surface area contributed by atoms with Gasteiger partial charge in [0.2, 0.25) is 0 Å². The quantitative estimate of drug-likeness (QED) is 0.721. The molecule has 1 N–H and O–H groups in total. The number of ether oxygens (including phenoxy) is 1. The summed E-state index contributed by atoms with van der Waals surface area (Å²) in [6.07, 6.45) is 11.9. The molecule has 86 valence electrons. The Morgan fingerprint density at radius 3 is 3.13 bits per heavy atom. The molecule has 0 aromatic heterocycles. The van der Waals surface area contributed by atoms with Crippen molar-refractivity contribution < 1.29 is 4.74 Å². The van der Waals surface area contributed by atoms with Gasteiger partial charge < -0.3 is 10.1 Å². The fourth-order valence-electron chi connectivity index (χ4n) is 2.49. The minimum atomic E-state index is 0.561. The van der Waals surface area contributed by atoms with E-state index < -0.39 is 0 Å². The fraction of sp³-hybridized carbons (Fsp3) is 0.846. The maximum atomic E-state index is 5.63. The molecule has 0 spiro atoms. The molecule has 1 atom stereocenters. The van der Waals surface area contributed by atoms with Crippen LogP contribution in [0.5, 0.6) is 0 Å². The van der Waals surface area contributed by atoms with Gasteiger partial charge in [-0.2, -0.15) is 0 Å². The largest absolute Gasteiger partial charge is 0.378 e. The van der Waals surface area contributed by atoms with Crippen LogP contribution in [0.15, 0.2) is 11.6 Å². The Kier molecular flexibility index (Phi) is 4.68. The second kappa shape index (κ2) is 6.29. The van der Waals surface area contributed by atoms with Crippen LogP contribution in [0, 0.1) is 0 Å². The average molecular weight is 209 g/mol. The highest BCUT2D eigenvalue weighted by Crippen LogP contribution is 2.19. The summed E-state index contributed by atoms with van der Waals surface area (Å²) < 4.78 is 5.63. The number of hydrogen-bond donors (Lipinski definition) is 1. The molecular formula is C13H23NO. The summed E-state index contributed by atoms with van der Waals surface area (Å²) in [5.74, 6) is 0. The van der Waals surface area contributed by atoms with Crippen molar-refractivity contribution in [2.75, 3.05) is 19.7 Å². The molecule has 15 heavy (non-hydrogen) atoms. The summed E-state index contributed by atoms with van der Waals surface area (Å²) in [6.45, 7) is 3.36. The highest BCUT2D eigenvalue weighted by Gasteiger charge is 2.14. The summed E-state index contributed by atoms with van der Waals surface area (Å²) in [5, 5.41) is 3.44. The zero-order valence-corrected chi connectivity index (χ0v) is 9.63. The number of hydrogen-bond acceptors (Lipinski definition) is 2. The maximum Gasteiger partial charge on any atom is 0.0579 e. The average Bonchev–Trinajstić information content (AvgIpc) is 2.62. The number of rotatable bonds is 3. The third-order valence-electron chi connectivity index (χ3n) is 3.42.